The summed E-state index contributed by atoms with van der Waals surface area (Å²) >= 11 is 15.5. The van der Waals surface area contributed by atoms with E-state index in [0.717, 1.165) is 0 Å². The molecule has 6 heteroatoms. The number of benzene rings is 2. The minimum absolute atomic E-state index is 0.351. The highest BCUT2D eigenvalue weighted by molar-refractivity contribution is 9.09. The number of alkyl halides is 1. The molecule has 0 bridgehead atoms. The lowest BCUT2D eigenvalue weighted by molar-refractivity contribution is 0.171. The second-order valence-corrected chi connectivity index (χ2v) is 6.31. The number of hydrogen-bond donors (Lipinski definition) is 0. The lowest BCUT2D eigenvalue weighted by atomic mass is 10.0. The first-order valence-corrected chi connectivity index (χ1v) is 7.91. The van der Waals surface area contributed by atoms with Crippen molar-refractivity contribution in [3.05, 3.63) is 57.3 Å². The Kier molecular flexibility index (Phi) is 4.29. The van der Waals surface area contributed by atoms with Gasteiger partial charge in [0.2, 0.25) is 0 Å². The van der Waals surface area contributed by atoms with Gasteiger partial charge in [0.1, 0.15) is 19.0 Å². The van der Waals surface area contributed by atoms with Crippen LogP contribution in [0.15, 0.2) is 30.3 Å². The van der Waals surface area contributed by atoms with Gasteiger partial charge in [-0.3, -0.25) is 0 Å². The summed E-state index contributed by atoms with van der Waals surface area (Å²) in [5.74, 6) is 0.820. The van der Waals surface area contributed by atoms with Crippen molar-refractivity contribution < 1.29 is 13.9 Å². The van der Waals surface area contributed by atoms with Crippen molar-refractivity contribution in [2.75, 3.05) is 13.2 Å². The molecule has 1 aliphatic rings. The molecule has 2 aromatic rings. The number of hydrogen-bond acceptors (Lipinski definition) is 2. The van der Waals surface area contributed by atoms with Crippen LogP contribution in [0.1, 0.15) is 16.0 Å². The quantitative estimate of drug-likeness (QED) is 0.639. The molecule has 1 aliphatic heterocycles. The molecule has 110 valence electrons. The van der Waals surface area contributed by atoms with Crippen LogP contribution in [-0.4, -0.2) is 13.2 Å². The topological polar surface area (TPSA) is 18.5 Å². The standard InChI is InChI=1S/C15H10BrCl2FO2/c16-15(9-2-1-8(17)5-12(9)19)10-6-13-14(7-11(10)18)21-4-3-20-13/h1-2,5-7,15H,3-4H2. The molecule has 3 rings (SSSR count). The second-order valence-electron chi connectivity index (χ2n) is 4.55. The lowest BCUT2D eigenvalue weighted by Crippen LogP contribution is -2.15. The van der Waals surface area contributed by atoms with E-state index in [1.165, 1.54) is 6.07 Å². The fourth-order valence-corrected chi connectivity index (χ4v) is 3.45. The highest BCUT2D eigenvalue weighted by Gasteiger charge is 2.22. The Morgan fingerprint density at radius 2 is 1.67 bits per heavy atom. The molecular weight excluding hydrogens is 382 g/mol. The Balaban J connectivity index is 2.03. The van der Waals surface area contributed by atoms with Crippen LogP contribution in [0.3, 0.4) is 0 Å². The van der Waals surface area contributed by atoms with Crippen LogP contribution >= 0.6 is 39.1 Å². The van der Waals surface area contributed by atoms with Gasteiger partial charge in [-0.1, -0.05) is 45.2 Å². The van der Waals surface area contributed by atoms with Crippen LogP contribution in [-0.2, 0) is 0 Å². The Labute approximate surface area is 139 Å². The Bertz CT molecular complexity index is 694. The lowest BCUT2D eigenvalue weighted by Gasteiger charge is -2.21. The maximum Gasteiger partial charge on any atom is 0.162 e. The summed E-state index contributed by atoms with van der Waals surface area (Å²) in [6.07, 6.45) is 0. The van der Waals surface area contributed by atoms with Crippen molar-refractivity contribution in [2.45, 2.75) is 4.83 Å². The molecule has 1 unspecified atom stereocenters. The molecule has 0 radical (unpaired) electrons. The molecule has 0 amide bonds. The van der Waals surface area contributed by atoms with Crippen LogP contribution < -0.4 is 9.47 Å². The van der Waals surface area contributed by atoms with E-state index in [0.29, 0.717) is 45.9 Å². The molecule has 2 nitrogen and oxygen atoms in total. The molecule has 0 aliphatic carbocycles. The minimum atomic E-state index is -0.405. The van der Waals surface area contributed by atoms with E-state index in [9.17, 15) is 4.39 Å². The third kappa shape index (κ3) is 2.98. The minimum Gasteiger partial charge on any atom is -0.486 e. The zero-order chi connectivity index (χ0) is 15.0. The molecule has 1 atom stereocenters. The highest BCUT2D eigenvalue weighted by atomic mass is 79.9. The maximum absolute atomic E-state index is 14.0. The third-order valence-electron chi connectivity index (χ3n) is 3.17. The average Bonchev–Trinajstić information content (AvgIpc) is 2.46. The summed E-state index contributed by atoms with van der Waals surface area (Å²) in [6.45, 7) is 0.975. The summed E-state index contributed by atoms with van der Waals surface area (Å²) in [4.78, 5) is -0.405. The van der Waals surface area contributed by atoms with Crippen molar-refractivity contribution in [1.29, 1.82) is 0 Å². The summed E-state index contributed by atoms with van der Waals surface area (Å²) in [5, 5.41) is 0.833. The molecule has 2 aromatic carbocycles. The molecule has 0 fully saturated rings. The van der Waals surface area contributed by atoms with E-state index < -0.39 is 10.6 Å². The monoisotopic (exact) mass is 390 g/mol. The second kappa shape index (κ2) is 6.03. The Hall–Kier alpha value is -0.970. The van der Waals surface area contributed by atoms with E-state index in [-0.39, 0.29) is 0 Å². The van der Waals surface area contributed by atoms with Crippen LogP contribution in [0, 0.1) is 5.82 Å². The van der Waals surface area contributed by atoms with Gasteiger partial charge in [0, 0.05) is 21.7 Å². The number of rotatable bonds is 2. The predicted octanol–water partition coefficient (Wildman–Crippen LogP) is 5.39. The van der Waals surface area contributed by atoms with Gasteiger partial charge in [0.25, 0.3) is 0 Å². The SMILES string of the molecule is Fc1cc(Cl)ccc1C(Br)c1cc2c(cc1Cl)OCCO2. The van der Waals surface area contributed by atoms with Gasteiger partial charge in [-0.15, -0.1) is 0 Å². The summed E-state index contributed by atoms with van der Waals surface area (Å²) in [7, 11) is 0. The summed E-state index contributed by atoms with van der Waals surface area (Å²) in [5.41, 5.74) is 1.17. The Morgan fingerprint density at radius 3 is 2.33 bits per heavy atom. The number of halogens is 4. The van der Waals surface area contributed by atoms with Crippen molar-refractivity contribution >= 4 is 39.1 Å². The van der Waals surface area contributed by atoms with Crippen LogP contribution in [0.25, 0.3) is 0 Å². The molecule has 0 aromatic heterocycles. The molecule has 0 saturated carbocycles. The van der Waals surface area contributed by atoms with E-state index in [4.69, 9.17) is 32.7 Å². The molecule has 0 spiro atoms. The zero-order valence-corrected chi connectivity index (χ0v) is 13.8. The first-order chi connectivity index (χ1) is 10.1. The smallest absolute Gasteiger partial charge is 0.162 e. The van der Waals surface area contributed by atoms with Crippen LogP contribution in [0.5, 0.6) is 11.5 Å². The van der Waals surface area contributed by atoms with Crippen LogP contribution in [0.4, 0.5) is 4.39 Å². The van der Waals surface area contributed by atoms with Gasteiger partial charge in [-0.25, -0.2) is 4.39 Å². The van der Waals surface area contributed by atoms with Crippen LogP contribution in [0.2, 0.25) is 10.0 Å². The van der Waals surface area contributed by atoms with Gasteiger partial charge in [-0.05, 0) is 23.8 Å². The maximum atomic E-state index is 14.0. The summed E-state index contributed by atoms with van der Waals surface area (Å²) < 4.78 is 25.0. The molecule has 1 heterocycles. The van der Waals surface area contributed by atoms with Crippen molar-refractivity contribution in [3.8, 4) is 11.5 Å². The number of fused-ring (bicyclic) bond motifs is 1. The van der Waals surface area contributed by atoms with Crippen molar-refractivity contribution in [1.82, 2.24) is 0 Å². The van der Waals surface area contributed by atoms with E-state index >= 15 is 0 Å². The van der Waals surface area contributed by atoms with Crippen molar-refractivity contribution in [2.24, 2.45) is 0 Å². The fourth-order valence-electron chi connectivity index (χ4n) is 2.15. The normalized spacial score (nSPS) is 14.9. The summed E-state index contributed by atoms with van der Waals surface area (Å²) in [6, 6.07) is 8.00. The molecule has 0 saturated heterocycles. The van der Waals surface area contributed by atoms with Gasteiger partial charge < -0.3 is 9.47 Å². The first kappa shape index (κ1) is 14.9. The van der Waals surface area contributed by atoms with E-state index in [1.54, 1.807) is 24.3 Å². The molecule has 21 heavy (non-hydrogen) atoms. The molecule has 0 N–H and O–H groups in total. The first-order valence-electron chi connectivity index (χ1n) is 6.24. The third-order valence-corrected chi connectivity index (χ3v) is 4.72. The Morgan fingerprint density at radius 1 is 1.00 bits per heavy atom. The number of ether oxygens (including phenoxy) is 2. The van der Waals surface area contributed by atoms with E-state index in [1.807, 2.05) is 0 Å². The van der Waals surface area contributed by atoms with Gasteiger partial charge in [0.05, 0.1) is 4.83 Å². The zero-order valence-electron chi connectivity index (χ0n) is 10.7. The van der Waals surface area contributed by atoms with Gasteiger partial charge in [0.15, 0.2) is 11.5 Å². The predicted molar refractivity (Wildman–Crippen MR) is 84.6 cm³/mol. The highest BCUT2D eigenvalue weighted by Crippen LogP contribution is 2.43. The van der Waals surface area contributed by atoms with Gasteiger partial charge in [-0.2, -0.15) is 0 Å². The van der Waals surface area contributed by atoms with Crippen molar-refractivity contribution in [3.63, 3.8) is 0 Å². The fraction of sp³-hybridized carbons (Fsp3) is 0.200. The largest absolute Gasteiger partial charge is 0.486 e. The van der Waals surface area contributed by atoms with E-state index in [2.05, 4.69) is 15.9 Å². The average molecular weight is 392 g/mol. The van der Waals surface area contributed by atoms with Gasteiger partial charge >= 0.3 is 0 Å². The molecular formula is C15H10BrCl2FO2.